The molecule has 5 heteroatoms. The number of halogens is 1. The van der Waals surface area contributed by atoms with Crippen molar-refractivity contribution >= 4 is 17.2 Å². The zero-order valence-electron chi connectivity index (χ0n) is 14.0. The number of aldehydes is 1. The molecule has 0 unspecified atom stereocenters. The lowest BCUT2D eigenvalue weighted by Crippen LogP contribution is -1.97. The van der Waals surface area contributed by atoms with Crippen LogP contribution in [0.1, 0.15) is 15.9 Å². The molecule has 0 spiro atoms. The van der Waals surface area contributed by atoms with E-state index in [0.717, 1.165) is 16.5 Å². The van der Waals surface area contributed by atoms with E-state index in [0.29, 0.717) is 29.1 Å². The highest BCUT2D eigenvalue weighted by molar-refractivity contribution is 5.81. The fraction of sp³-hybridized carbons (Fsp3) is 0.0476. The number of nitrogens with zero attached hydrogens (tertiary/aromatic N) is 3. The van der Waals surface area contributed by atoms with Gasteiger partial charge in [0.1, 0.15) is 11.5 Å². The van der Waals surface area contributed by atoms with E-state index in [1.165, 1.54) is 12.1 Å². The van der Waals surface area contributed by atoms with Crippen LogP contribution in [-0.4, -0.2) is 21.2 Å². The van der Waals surface area contributed by atoms with Gasteiger partial charge in [0.05, 0.1) is 16.8 Å². The monoisotopic (exact) mass is 343 g/mol. The summed E-state index contributed by atoms with van der Waals surface area (Å²) in [6, 6.07) is 15.9. The molecule has 0 bridgehead atoms. The number of rotatable bonds is 3. The van der Waals surface area contributed by atoms with Crippen molar-refractivity contribution in [2.45, 2.75) is 6.92 Å². The quantitative estimate of drug-likeness (QED) is 0.509. The second kappa shape index (κ2) is 6.44. The Balaban J connectivity index is 1.84. The Hall–Kier alpha value is -3.47. The van der Waals surface area contributed by atoms with Crippen molar-refractivity contribution in [3.8, 4) is 22.8 Å². The van der Waals surface area contributed by atoms with E-state index in [4.69, 9.17) is 0 Å². The van der Waals surface area contributed by atoms with Crippen molar-refractivity contribution < 1.29 is 9.18 Å². The number of hydrogen-bond donors (Lipinski definition) is 0. The molecule has 2 heterocycles. The molecule has 0 aliphatic carbocycles. The molecule has 0 saturated carbocycles. The van der Waals surface area contributed by atoms with E-state index in [9.17, 15) is 9.18 Å². The molecule has 126 valence electrons. The lowest BCUT2D eigenvalue weighted by atomic mass is 10.0. The molecule has 0 aliphatic heterocycles. The lowest BCUT2D eigenvalue weighted by Gasteiger charge is -2.09. The van der Waals surface area contributed by atoms with E-state index in [-0.39, 0.29) is 5.56 Å². The molecular formula is C21H14FN3O. The van der Waals surface area contributed by atoms with E-state index >= 15 is 0 Å². The second-order valence-electron chi connectivity index (χ2n) is 5.97. The summed E-state index contributed by atoms with van der Waals surface area (Å²) < 4.78 is 13.6. The third-order valence-corrected chi connectivity index (χ3v) is 4.21. The number of pyridine rings is 1. The number of para-hydroxylation sites is 1. The van der Waals surface area contributed by atoms with Crippen LogP contribution >= 0.6 is 0 Å². The molecule has 0 aliphatic rings. The summed E-state index contributed by atoms with van der Waals surface area (Å²) in [4.78, 5) is 24.7. The zero-order chi connectivity index (χ0) is 18.1. The third-order valence-electron chi connectivity index (χ3n) is 4.21. The van der Waals surface area contributed by atoms with Crippen LogP contribution in [0.15, 0.2) is 60.8 Å². The molecule has 4 nitrogen and oxygen atoms in total. The Morgan fingerprint density at radius 2 is 1.85 bits per heavy atom. The van der Waals surface area contributed by atoms with Gasteiger partial charge in [-0.1, -0.05) is 24.3 Å². The van der Waals surface area contributed by atoms with Gasteiger partial charge in [-0.05, 0) is 42.8 Å². The Morgan fingerprint density at radius 3 is 2.69 bits per heavy atom. The first-order chi connectivity index (χ1) is 12.7. The van der Waals surface area contributed by atoms with Crippen molar-refractivity contribution in [1.82, 2.24) is 15.0 Å². The topological polar surface area (TPSA) is 55.7 Å². The Bertz CT molecular complexity index is 1140. The van der Waals surface area contributed by atoms with Crippen molar-refractivity contribution in [2.24, 2.45) is 0 Å². The summed E-state index contributed by atoms with van der Waals surface area (Å²) >= 11 is 0. The summed E-state index contributed by atoms with van der Waals surface area (Å²) in [5, 5.41) is 0.956. The van der Waals surface area contributed by atoms with Gasteiger partial charge in [-0.2, -0.15) is 0 Å². The minimum Gasteiger partial charge on any atom is -0.298 e. The Labute approximate surface area is 149 Å². The van der Waals surface area contributed by atoms with Gasteiger partial charge in [0.15, 0.2) is 12.1 Å². The van der Waals surface area contributed by atoms with E-state index < -0.39 is 5.82 Å². The highest BCUT2D eigenvalue weighted by Gasteiger charge is 2.11. The van der Waals surface area contributed by atoms with E-state index in [1.54, 1.807) is 12.3 Å². The number of carbonyl (C=O) groups is 1. The van der Waals surface area contributed by atoms with Gasteiger partial charge in [-0.3, -0.25) is 4.79 Å². The van der Waals surface area contributed by atoms with Crippen molar-refractivity contribution in [3.05, 3.63) is 77.7 Å². The predicted molar refractivity (Wildman–Crippen MR) is 98.3 cm³/mol. The SMILES string of the molecule is Cc1ccc(-c2ncc3ccccc3n2)nc1-c1ccc(F)c(C=O)c1. The van der Waals surface area contributed by atoms with Crippen molar-refractivity contribution in [3.63, 3.8) is 0 Å². The maximum atomic E-state index is 13.6. The van der Waals surface area contributed by atoms with Crippen LogP contribution < -0.4 is 0 Å². The van der Waals surface area contributed by atoms with Crippen molar-refractivity contribution in [2.75, 3.05) is 0 Å². The molecule has 4 rings (SSSR count). The summed E-state index contributed by atoms with van der Waals surface area (Å²) in [6.45, 7) is 1.91. The van der Waals surface area contributed by atoms with Crippen LogP contribution in [0.2, 0.25) is 0 Å². The second-order valence-corrected chi connectivity index (χ2v) is 5.97. The molecule has 4 aromatic rings. The molecule has 0 atom stereocenters. The molecule has 0 N–H and O–H groups in total. The maximum absolute atomic E-state index is 13.6. The summed E-state index contributed by atoms with van der Waals surface area (Å²) in [7, 11) is 0. The smallest absolute Gasteiger partial charge is 0.178 e. The van der Waals surface area contributed by atoms with Crippen LogP contribution in [0.5, 0.6) is 0 Å². The first kappa shape index (κ1) is 16.0. The normalized spacial score (nSPS) is 10.8. The van der Waals surface area contributed by atoms with Crippen LogP contribution in [0.25, 0.3) is 33.7 Å². The van der Waals surface area contributed by atoms with Gasteiger partial charge in [-0.25, -0.2) is 19.3 Å². The molecule has 0 radical (unpaired) electrons. The van der Waals surface area contributed by atoms with Gasteiger partial charge >= 0.3 is 0 Å². The maximum Gasteiger partial charge on any atom is 0.178 e. The van der Waals surface area contributed by atoms with Gasteiger partial charge in [0.25, 0.3) is 0 Å². The summed E-state index contributed by atoms with van der Waals surface area (Å²) in [5.41, 5.74) is 3.73. The molecule has 26 heavy (non-hydrogen) atoms. The molecule has 0 saturated heterocycles. The van der Waals surface area contributed by atoms with E-state index in [2.05, 4.69) is 15.0 Å². The zero-order valence-corrected chi connectivity index (χ0v) is 14.0. The van der Waals surface area contributed by atoms with Crippen LogP contribution in [-0.2, 0) is 0 Å². The molecular weight excluding hydrogens is 329 g/mol. The van der Waals surface area contributed by atoms with Gasteiger partial charge in [0, 0.05) is 17.1 Å². The van der Waals surface area contributed by atoms with Gasteiger partial charge < -0.3 is 0 Å². The van der Waals surface area contributed by atoms with Crippen LogP contribution in [0.4, 0.5) is 4.39 Å². The molecule has 2 aromatic heterocycles. The van der Waals surface area contributed by atoms with Gasteiger partial charge in [-0.15, -0.1) is 0 Å². The highest BCUT2D eigenvalue weighted by atomic mass is 19.1. The van der Waals surface area contributed by atoms with Crippen molar-refractivity contribution in [1.29, 1.82) is 0 Å². The first-order valence-corrected chi connectivity index (χ1v) is 8.10. The fourth-order valence-corrected chi connectivity index (χ4v) is 2.82. The number of aromatic nitrogens is 3. The van der Waals surface area contributed by atoms with Crippen LogP contribution in [0.3, 0.4) is 0 Å². The molecule has 0 fully saturated rings. The van der Waals surface area contributed by atoms with Crippen LogP contribution in [0, 0.1) is 12.7 Å². The number of fused-ring (bicyclic) bond motifs is 1. The number of hydrogen-bond acceptors (Lipinski definition) is 4. The predicted octanol–water partition coefficient (Wildman–Crippen LogP) is 4.62. The standard InChI is InChI=1S/C21H14FN3O/c1-13-6-9-19(21-23-11-15-4-2-3-5-18(15)25-21)24-20(13)14-7-8-17(22)16(10-14)12-26/h2-12H,1H3. The minimum absolute atomic E-state index is 0.0102. The lowest BCUT2D eigenvalue weighted by molar-refractivity contribution is 0.112. The molecule has 2 aromatic carbocycles. The minimum atomic E-state index is -0.546. The average Bonchev–Trinajstić information content (AvgIpc) is 2.68. The third kappa shape index (κ3) is 2.84. The average molecular weight is 343 g/mol. The largest absolute Gasteiger partial charge is 0.298 e. The number of benzene rings is 2. The fourth-order valence-electron chi connectivity index (χ4n) is 2.82. The Morgan fingerprint density at radius 1 is 1.00 bits per heavy atom. The van der Waals surface area contributed by atoms with E-state index in [1.807, 2.05) is 43.3 Å². The van der Waals surface area contributed by atoms with Gasteiger partial charge in [0.2, 0.25) is 0 Å². The number of carbonyl (C=O) groups excluding carboxylic acids is 1. The molecule has 0 amide bonds. The number of aryl methyl sites for hydroxylation is 1. The summed E-state index contributed by atoms with van der Waals surface area (Å²) in [5.74, 6) is -0.0295. The first-order valence-electron chi connectivity index (χ1n) is 8.10. The highest BCUT2D eigenvalue weighted by Crippen LogP contribution is 2.26. The summed E-state index contributed by atoms with van der Waals surface area (Å²) in [6.07, 6.45) is 2.27. The Kier molecular flexibility index (Phi) is 3.97.